The second-order valence-electron chi connectivity index (χ2n) is 8.03. The van der Waals surface area contributed by atoms with E-state index in [2.05, 4.69) is 9.88 Å². The van der Waals surface area contributed by atoms with E-state index in [0.717, 1.165) is 60.7 Å². The van der Waals surface area contributed by atoms with Gasteiger partial charge in [0, 0.05) is 44.1 Å². The van der Waals surface area contributed by atoms with E-state index in [0.29, 0.717) is 19.5 Å². The number of nitrogens with zero attached hydrogens (tertiary/aromatic N) is 3. The van der Waals surface area contributed by atoms with Crippen molar-refractivity contribution in [3.8, 4) is 5.75 Å². The minimum atomic E-state index is -0.0333. The highest BCUT2D eigenvalue weighted by Gasteiger charge is 2.28. The Morgan fingerprint density at radius 2 is 2.14 bits per heavy atom. The normalized spacial score (nSPS) is 19.7. The van der Waals surface area contributed by atoms with Crippen molar-refractivity contribution in [2.24, 2.45) is 0 Å². The first-order chi connectivity index (χ1) is 14.0. The van der Waals surface area contributed by atoms with E-state index in [1.807, 2.05) is 36.2 Å². The van der Waals surface area contributed by atoms with Crippen LogP contribution in [0.25, 0.3) is 0 Å². The summed E-state index contributed by atoms with van der Waals surface area (Å²) < 4.78 is 5.37. The van der Waals surface area contributed by atoms with Crippen LogP contribution in [0.1, 0.15) is 41.4 Å². The number of likely N-dealkylation sites (tertiary alicyclic amines) is 1. The van der Waals surface area contributed by atoms with Crippen molar-refractivity contribution in [1.29, 1.82) is 0 Å². The molecule has 2 aliphatic rings. The first-order valence-electron chi connectivity index (χ1n) is 10.3. The number of amides is 1. The van der Waals surface area contributed by atoms with Crippen molar-refractivity contribution in [3.05, 3.63) is 57.3 Å². The van der Waals surface area contributed by atoms with Crippen LogP contribution in [-0.2, 0) is 24.2 Å². The van der Waals surface area contributed by atoms with Crippen molar-refractivity contribution in [1.82, 2.24) is 19.8 Å². The number of nitrogens with one attached hydrogen (secondary N) is 1. The zero-order chi connectivity index (χ0) is 20.4. The SMILES string of the molecule is COc1ccccc1CC(=O)N1CCCC(c2nc3c(c(=O)[nH]2)CN(C)CC3)C1. The summed E-state index contributed by atoms with van der Waals surface area (Å²) in [6, 6.07) is 7.63. The number of hydrogen-bond donors (Lipinski definition) is 1. The van der Waals surface area contributed by atoms with Gasteiger partial charge in [0.2, 0.25) is 5.91 Å². The quantitative estimate of drug-likeness (QED) is 0.851. The molecular weight excluding hydrogens is 368 g/mol. The molecule has 2 aliphatic heterocycles. The van der Waals surface area contributed by atoms with Crippen molar-refractivity contribution >= 4 is 5.91 Å². The monoisotopic (exact) mass is 396 g/mol. The van der Waals surface area contributed by atoms with Crippen LogP contribution in [-0.4, -0.2) is 59.5 Å². The van der Waals surface area contributed by atoms with E-state index in [-0.39, 0.29) is 17.4 Å². The molecule has 1 saturated heterocycles. The van der Waals surface area contributed by atoms with Gasteiger partial charge in [-0.3, -0.25) is 9.59 Å². The number of piperidine rings is 1. The molecule has 0 bridgehead atoms. The summed E-state index contributed by atoms with van der Waals surface area (Å²) in [4.78, 5) is 37.3. The van der Waals surface area contributed by atoms with Gasteiger partial charge in [0.1, 0.15) is 11.6 Å². The predicted octanol–water partition coefficient (Wildman–Crippen LogP) is 1.72. The summed E-state index contributed by atoms with van der Waals surface area (Å²) in [6.07, 6.45) is 2.95. The minimum absolute atomic E-state index is 0.0333. The molecule has 7 nitrogen and oxygen atoms in total. The predicted molar refractivity (Wildman–Crippen MR) is 110 cm³/mol. The number of H-pyrrole nitrogens is 1. The van der Waals surface area contributed by atoms with E-state index < -0.39 is 0 Å². The molecule has 0 aliphatic carbocycles. The van der Waals surface area contributed by atoms with E-state index in [4.69, 9.17) is 9.72 Å². The van der Waals surface area contributed by atoms with Crippen molar-refractivity contribution in [2.75, 3.05) is 33.8 Å². The lowest BCUT2D eigenvalue weighted by atomic mass is 9.95. The molecule has 1 atom stereocenters. The van der Waals surface area contributed by atoms with Crippen molar-refractivity contribution in [3.63, 3.8) is 0 Å². The summed E-state index contributed by atoms with van der Waals surface area (Å²) in [5, 5.41) is 0. The molecule has 0 spiro atoms. The largest absolute Gasteiger partial charge is 0.496 e. The zero-order valence-electron chi connectivity index (χ0n) is 17.1. The molecule has 2 aromatic rings. The molecule has 1 N–H and O–H groups in total. The molecule has 29 heavy (non-hydrogen) atoms. The van der Waals surface area contributed by atoms with Crippen LogP contribution in [0.5, 0.6) is 5.75 Å². The molecule has 3 heterocycles. The van der Waals surface area contributed by atoms with Gasteiger partial charge in [-0.05, 0) is 26.0 Å². The number of para-hydroxylation sites is 1. The highest BCUT2D eigenvalue weighted by Crippen LogP contribution is 2.26. The maximum atomic E-state index is 12.9. The van der Waals surface area contributed by atoms with Gasteiger partial charge in [-0.1, -0.05) is 18.2 Å². The maximum absolute atomic E-state index is 12.9. The fraction of sp³-hybridized carbons (Fsp3) is 0.500. The number of hydrogen-bond acceptors (Lipinski definition) is 5. The maximum Gasteiger partial charge on any atom is 0.255 e. The molecule has 4 rings (SSSR count). The number of aromatic amines is 1. The van der Waals surface area contributed by atoms with Crippen LogP contribution in [0.3, 0.4) is 0 Å². The van der Waals surface area contributed by atoms with Gasteiger partial charge in [-0.25, -0.2) is 4.98 Å². The smallest absolute Gasteiger partial charge is 0.255 e. The van der Waals surface area contributed by atoms with Gasteiger partial charge in [0.15, 0.2) is 0 Å². The van der Waals surface area contributed by atoms with Crippen LogP contribution >= 0.6 is 0 Å². The molecule has 1 fully saturated rings. The summed E-state index contributed by atoms with van der Waals surface area (Å²) in [5.41, 5.74) is 2.56. The Hall–Kier alpha value is -2.67. The molecule has 1 amide bonds. The van der Waals surface area contributed by atoms with E-state index in [1.54, 1.807) is 7.11 Å². The number of ether oxygens (including phenoxy) is 1. The number of likely N-dealkylation sites (N-methyl/N-ethyl adjacent to an activating group) is 1. The third-order valence-corrected chi connectivity index (χ3v) is 5.97. The van der Waals surface area contributed by atoms with Crippen LogP contribution in [0.4, 0.5) is 0 Å². The first kappa shape index (κ1) is 19.6. The molecule has 0 radical (unpaired) electrons. The molecule has 1 unspecified atom stereocenters. The van der Waals surface area contributed by atoms with Crippen LogP contribution in [0.15, 0.2) is 29.1 Å². The lowest BCUT2D eigenvalue weighted by Gasteiger charge is -2.33. The van der Waals surface area contributed by atoms with Crippen LogP contribution < -0.4 is 10.3 Å². The summed E-state index contributed by atoms with van der Waals surface area (Å²) in [6.45, 7) is 2.89. The van der Waals surface area contributed by atoms with Gasteiger partial charge in [0.05, 0.1) is 24.8 Å². The third-order valence-electron chi connectivity index (χ3n) is 5.97. The molecule has 154 valence electrons. The Morgan fingerprint density at radius 3 is 2.97 bits per heavy atom. The van der Waals surface area contributed by atoms with Gasteiger partial charge >= 0.3 is 0 Å². The highest BCUT2D eigenvalue weighted by atomic mass is 16.5. The lowest BCUT2D eigenvalue weighted by molar-refractivity contribution is -0.131. The Morgan fingerprint density at radius 1 is 1.31 bits per heavy atom. The van der Waals surface area contributed by atoms with Crippen LogP contribution in [0, 0.1) is 0 Å². The molecule has 0 saturated carbocycles. The Labute approximate surface area is 170 Å². The first-order valence-corrected chi connectivity index (χ1v) is 10.3. The van der Waals surface area contributed by atoms with E-state index in [1.165, 1.54) is 0 Å². The van der Waals surface area contributed by atoms with Gasteiger partial charge in [0.25, 0.3) is 5.56 Å². The van der Waals surface area contributed by atoms with E-state index >= 15 is 0 Å². The standard InChI is InChI=1S/C22H28N4O3/c1-25-11-9-18-17(14-25)22(28)24-21(23-18)16-7-5-10-26(13-16)20(27)12-15-6-3-4-8-19(15)29-2/h3-4,6,8,16H,5,7,9-14H2,1-2H3,(H,23,24,28). The number of carbonyl (C=O) groups is 1. The minimum Gasteiger partial charge on any atom is -0.496 e. The third kappa shape index (κ3) is 4.19. The summed E-state index contributed by atoms with van der Waals surface area (Å²) in [7, 11) is 3.64. The van der Waals surface area contributed by atoms with Gasteiger partial charge in [-0.15, -0.1) is 0 Å². The van der Waals surface area contributed by atoms with Crippen molar-refractivity contribution in [2.45, 2.75) is 38.1 Å². The van der Waals surface area contributed by atoms with E-state index in [9.17, 15) is 9.59 Å². The Kier molecular flexibility index (Phi) is 5.67. The van der Waals surface area contributed by atoms with Gasteiger partial charge < -0.3 is 19.5 Å². The highest BCUT2D eigenvalue weighted by molar-refractivity contribution is 5.79. The molecule has 1 aromatic heterocycles. The van der Waals surface area contributed by atoms with Crippen molar-refractivity contribution < 1.29 is 9.53 Å². The zero-order valence-corrected chi connectivity index (χ0v) is 17.1. The second-order valence-corrected chi connectivity index (χ2v) is 8.03. The summed E-state index contributed by atoms with van der Waals surface area (Å²) >= 11 is 0. The number of methoxy groups -OCH3 is 1. The Bertz CT molecular complexity index is 955. The Balaban J connectivity index is 1.49. The number of carbonyl (C=O) groups excluding carboxylic acids is 1. The number of aromatic nitrogens is 2. The fourth-order valence-electron chi connectivity index (χ4n) is 4.32. The molecule has 7 heteroatoms. The number of rotatable bonds is 4. The average Bonchev–Trinajstić information content (AvgIpc) is 2.74. The lowest BCUT2D eigenvalue weighted by Crippen LogP contribution is -2.41. The van der Waals surface area contributed by atoms with Crippen LogP contribution in [0.2, 0.25) is 0 Å². The molecule has 1 aromatic carbocycles. The summed E-state index contributed by atoms with van der Waals surface area (Å²) in [5.74, 6) is 1.62. The number of fused-ring (bicyclic) bond motifs is 1. The average molecular weight is 396 g/mol. The number of benzene rings is 1. The second kappa shape index (κ2) is 8.37. The molecular formula is C22H28N4O3. The fourth-order valence-corrected chi connectivity index (χ4v) is 4.32. The topological polar surface area (TPSA) is 78.5 Å². The van der Waals surface area contributed by atoms with Gasteiger partial charge in [-0.2, -0.15) is 0 Å².